The van der Waals surface area contributed by atoms with Gasteiger partial charge < -0.3 is 5.32 Å². The van der Waals surface area contributed by atoms with E-state index < -0.39 is 0 Å². The lowest BCUT2D eigenvalue weighted by Gasteiger charge is -2.24. The van der Waals surface area contributed by atoms with Gasteiger partial charge in [-0.1, -0.05) is 26.7 Å². The molecular weight excluding hydrogens is 146 g/mol. The topological polar surface area (TPSA) is 12.0 Å². The maximum absolute atomic E-state index is 3.79. The predicted octanol–water partition coefficient (Wildman–Crippen LogP) is 2.56. The molecule has 0 aromatic rings. The van der Waals surface area contributed by atoms with Crippen LogP contribution >= 0.6 is 0 Å². The third kappa shape index (κ3) is 1.52. The lowest BCUT2D eigenvalue weighted by molar-refractivity contribution is 0.325. The molecule has 1 nitrogen and oxygen atoms in total. The highest BCUT2D eigenvalue weighted by Gasteiger charge is 2.35. The summed E-state index contributed by atoms with van der Waals surface area (Å²) in [6.45, 7) is 4.68. The van der Waals surface area contributed by atoms with Crippen LogP contribution in [0.25, 0.3) is 0 Å². The minimum atomic E-state index is 0.818. The number of hydrogen-bond donors (Lipinski definition) is 1. The maximum atomic E-state index is 3.79. The van der Waals surface area contributed by atoms with Crippen molar-refractivity contribution in [3.63, 3.8) is 0 Å². The monoisotopic (exact) mass is 167 g/mol. The van der Waals surface area contributed by atoms with E-state index in [1.807, 2.05) is 0 Å². The number of rotatable bonds is 1. The molecule has 12 heavy (non-hydrogen) atoms. The van der Waals surface area contributed by atoms with E-state index in [9.17, 15) is 0 Å². The Balaban J connectivity index is 1.94. The summed E-state index contributed by atoms with van der Waals surface area (Å²) in [6.07, 6.45) is 7.31. The Kier molecular flexibility index (Phi) is 2.40. The molecule has 1 N–H and O–H groups in total. The Labute approximate surface area is 75.9 Å². The lowest BCUT2D eigenvalue weighted by atomic mass is 9.84. The maximum Gasteiger partial charge on any atom is 0.00986 e. The number of hydrogen-bond acceptors (Lipinski definition) is 1. The van der Waals surface area contributed by atoms with Gasteiger partial charge in [0.15, 0.2) is 0 Å². The van der Waals surface area contributed by atoms with Crippen LogP contribution in [0.2, 0.25) is 0 Å². The summed E-state index contributed by atoms with van der Waals surface area (Å²) in [4.78, 5) is 0. The lowest BCUT2D eigenvalue weighted by Crippen LogP contribution is -2.35. The zero-order chi connectivity index (χ0) is 8.55. The van der Waals surface area contributed by atoms with Crippen molar-refractivity contribution < 1.29 is 0 Å². The fourth-order valence-electron chi connectivity index (χ4n) is 2.84. The molecule has 0 amide bonds. The van der Waals surface area contributed by atoms with Gasteiger partial charge in [-0.3, -0.25) is 0 Å². The molecule has 0 unspecified atom stereocenters. The van der Waals surface area contributed by atoms with Crippen LogP contribution in [-0.2, 0) is 0 Å². The molecule has 1 aliphatic carbocycles. The molecule has 1 saturated heterocycles. The van der Waals surface area contributed by atoms with Crippen molar-refractivity contribution in [2.24, 2.45) is 11.8 Å². The molecule has 2 rings (SSSR count). The first-order valence-corrected chi connectivity index (χ1v) is 5.53. The fraction of sp³-hybridized carbons (Fsp3) is 1.00. The van der Waals surface area contributed by atoms with E-state index in [0.717, 1.165) is 23.9 Å². The fourth-order valence-corrected chi connectivity index (χ4v) is 2.84. The van der Waals surface area contributed by atoms with Gasteiger partial charge in [0.05, 0.1) is 0 Å². The molecule has 3 atom stereocenters. The van der Waals surface area contributed by atoms with Gasteiger partial charge in [-0.2, -0.15) is 0 Å². The smallest absolute Gasteiger partial charge is 0.00986 e. The van der Waals surface area contributed by atoms with Crippen molar-refractivity contribution in [1.29, 1.82) is 0 Å². The van der Waals surface area contributed by atoms with Crippen molar-refractivity contribution in [2.75, 3.05) is 0 Å². The van der Waals surface area contributed by atoms with Gasteiger partial charge in [-0.25, -0.2) is 0 Å². The van der Waals surface area contributed by atoms with Gasteiger partial charge in [-0.15, -0.1) is 0 Å². The van der Waals surface area contributed by atoms with Crippen molar-refractivity contribution in [2.45, 2.75) is 58.0 Å². The SMILES string of the molecule is CC(C)[C@@H]1C[C@@H]2CCCC[C@H]2N1. The average Bonchev–Trinajstić information content (AvgIpc) is 2.46. The van der Waals surface area contributed by atoms with Crippen LogP contribution in [0, 0.1) is 11.8 Å². The van der Waals surface area contributed by atoms with Crippen LogP contribution in [0.5, 0.6) is 0 Å². The Hall–Kier alpha value is -0.0400. The first kappa shape index (κ1) is 8.55. The van der Waals surface area contributed by atoms with Crippen LogP contribution in [0.1, 0.15) is 46.0 Å². The zero-order valence-corrected chi connectivity index (χ0v) is 8.34. The molecule has 2 aliphatic rings. The van der Waals surface area contributed by atoms with Crippen molar-refractivity contribution in [3.8, 4) is 0 Å². The molecule has 1 heteroatoms. The first-order chi connectivity index (χ1) is 5.77. The highest BCUT2D eigenvalue weighted by molar-refractivity contribution is 4.93. The van der Waals surface area contributed by atoms with Crippen LogP contribution < -0.4 is 5.32 Å². The van der Waals surface area contributed by atoms with Gasteiger partial charge in [0, 0.05) is 12.1 Å². The number of fused-ring (bicyclic) bond motifs is 1. The van der Waals surface area contributed by atoms with Gasteiger partial charge in [0.25, 0.3) is 0 Å². The summed E-state index contributed by atoms with van der Waals surface area (Å²) in [5, 5.41) is 3.79. The van der Waals surface area contributed by atoms with Gasteiger partial charge >= 0.3 is 0 Å². The molecule has 0 aromatic heterocycles. The molecule has 0 bridgehead atoms. The van der Waals surface area contributed by atoms with Crippen molar-refractivity contribution in [1.82, 2.24) is 5.32 Å². The molecule has 1 aliphatic heterocycles. The van der Waals surface area contributed by atoms with E-state index in [0.29, 0.717) is 0 Å². The minimum absolute atomic E-state index is 0.818. The molecular formula is C11H21N. The summed E-state index contributed by atoms with van der Waals surface area (Å²) in [5.74, 6) is 1.85. The highest BCUT2D eigenvalue weighted by Crippen LogP contribution is 2.34. The van der Waals surface area contributed by atoms with E-state index in [4.69, 9.17) is 0 Å². The standard InChI is InChI=1S/C11H21N/c1-8(2)11-7-9-5-3-4-6-10(9)12-11/h8-12H,3-7H2,1-2H3/t9-,10+,11-/m0/s1. The molecule has 1 heterocycles. The largest absolute Gasteiger partial charge is 0.311 e. The first-order valence-electron chi connectivity index (χ1n) is 5.53. The second-order valence-corrected chi connectivity index (χ2v) is 4.90. The Morgan fingerprint density at radius 1 is 1.17 bits per heavy atom. The molecule has 0 spiro atoms. The Bertz CT molecular complexity index is 139. The highest BCUT2D eigenvalue weighted by atomic mass is 15.0. The third-order valence-electron chi connectivity index (χ3n) is 3.70. The normalized spacial score (nSPS) is 41.8. The summed E-state index contributed by atoms with van der Waals surface area (Å²) < 4.78 is 0. The van der Waals surface area contributed by atoms with E-state index >= 15 is 0 Å². The average molecular weight is 167 g/mol. The Morgan fingerprint density at radius 2 is 1.92 bits per heavy atom. The van der Waals surface area contributed by atoms with Crippen LogP contribution in [0.15, 0.2) is 0 Å². The molecule has 2 fully saturated rings. The van der Waals surface area contributed by atoms with Gasteiger partial charge in [0.1, 0.15) is 0 Å². The Morgan fingerprint density at radius 3 is 2.58 bits per heavy atom. The summed E-state index contributed by atoms with van der Waals surface area (Å²) in [7, 11) is 0. The molecule has 70 valence electrons. The summed E-state index contributed by atoms with van der Waals surface area (Å²) in [6, 6.07) is 1.70. The van der Waals surface area contributed by atoms with E-state index in [-0.39, 0.29) is 0 Å². The van der Waals surface area contributed by atoms with Crippen molar-refractivity contribution >= 4 is 0 Å². The van der Waals surface area contributed by atoms with Gasteiger partial charge in [-0.05, 0) is 31.1 Å². The second kappa shape index (κ2) is 3.37. The summed E-state index contributed by atoms with van der Waals surface area (Å²) in [5.41, 5.74) is 0. The number of nitrogens with one attached hydrogen (secondary N) is 1. The van der Waals surface area contributed by atoms with Crippen LogP contribution in [0.4, 0.5) is 0 Å². The molecule has 0 radical (unpaired) electrons. The summed E-state index contributed by atoms with van der Waals surface area (Å²) >= 11 is 0. The quantitative estimate of drug-likeness (QED) is 0.633. The predicted molar refractivity (Wildman–Crippen MR) is 52.1 cm³/mol. The molecule has 1 saturated carbocycles. The van der Waals surface area contributed by atoms with Crippen molar-refractivity contribution in [3.05, 3.63) is 0 Å². The minimum Gasteiger partial charge on any atom is -0.311 e. The van der Waals surface area contributed by atoms with Crippen LogP contribution in [-0.4, -0.2) is 12.1 Å². The van der Waals surface area contributed by atoms with Crippen LogP contribution in [0.3, 0.4) is 0 Å². The van der Waals surface area contributed by atoms with E-state index in [1.165, 1.54) is 32.1 Å². The zero-order valence-electron chi connectivity index (χ0n) is 8.34. The van der Waals surface area contributed by atoms with E-state index in [2.05, 4.69) is 19.2 Å². The molecule has 0 aromatic carbocycles. The van der Waals surface area contributed by atoms with E-state index in [1.54, 1.807) is 0 Å². The third-order valence-corrected chi connectivity index (χ3v) is 3.70. The second-order valence-electron chi connectivity index (χ2n) is 4.90. The van der Waals surface area contributed by atoms with Gasteiger partial charge in [0.2, 0.25) is 0 Å².